The van der Waals surface area contributed by atoms with Crippen molar-refractivity contribution in [3.05, 3.63) is 56.4 Å². The zero-order valence-electron chi connectivity index (χ0n) is 13.7. The summed E-state index contributed by atoms with van der Waals surface area (Å²) < 4.78 is 0. The van der Waals surface area contributed by atoms with E-state index in [0.717, 1.165) is 40.6 Å². The number of phenolic OH excluding ortho intramolecular Hbond substituents is 1. The van der Waals surface area contributed by atoms with Crippen LogP contribution in [0.5, 0.6) is 5.75 Å². The molecule has 2 N–H and O–H groups in total. The van der Waals surface area contributed by atoms with Crippen LogP contribution in [0.1, 0.15) is 35.2 Å². The van der Waals surface area contributed by atoms with Crippen molar-refractivity contribution in [1.29, 1.82) is 0 Å². The number of aromatic hydroxyl groups is 1. The number of hydrogen-bond acceptors (Lipinski definition) is 4. The zero-order chi connectivity index (χ0) is 17.6. The zero-order valence-corrected chi connectivity index (χ0v) is 15.2. The van der Waals surface area contributed by atoms with Crippen LogP contribution in [-0.2, 0) is 12.8 Å². The normalized spacial score (nSPS) is 17.7. The number of aromatic nitrogens is 2. The lowest BCUT2D eigenvalue weighted by molar-refractivity contribution is 0.475. The Bertz CT molecular complexity index is 1050. The lowest BCUT2D eigenvalue weighted by Crippen LogP contribution is -2.14. The highest BCUT2D eigenvalue weighted by Gasteiger charge is 2.23. The molecule has 6 heteroatoms. The standard InChI is InChI=1S/C19H17ClN2O2S/c1-10-5-6-13-15(7-10)25-19-16(13)18(24)21-17(22-19)14(20)9-11-3-2-4-12(23)8-11/h2-4,8-10,23H,5-7H2,1H3,(H,21,22,24)/b14-9-/t10-/m0/s1. The summed E-state index contributed by atoms with van der Waals surface area (Å²) in [5.41, 5.74) is 1.77. The number of nitrogens with zero attached hydrogens (tertiary/aromatic N) is 1. The van der Waals surface area contributed by atoms with E-state index in [9.17, 15) is 9.90 Å². The van der Waals surface area contributed by atoms with Crippen molar-refractivity contribution in [2.75, 3.05) is 0 Å². The maximum absolute atomic E-state index is 12.6. The number of thiophene rings is 1. The molecule has 0 radical (unpaired) electrons. The third-order valence-corrected chi connectivity index (χ3v) is 5.99. The molecule has 0 amide bonds. The molecule has 2 heterocycles. The molecule has 0 bridgehead atoms. The minimum Gasteiger partial charge on any atom is -0.508 e. The average molecular weight is 373 g/mol. The van der Waals surface area contributed by atoms with Gasteiger partial charge in [-0.1, -0.05) is 30.7 Å². The van der Waals surface area contributed by atoms with Crippen LogP contribution < -0.4 is 5.56 Å². The number of aromatic amines is 1. The van der Waals surface area contributed by atoms with E-state index in [2.05, 4.69) is 16.9 Å². The topological polar surface area (TPSA) is 66.0 Å². The monoisotopic (exact) mass is 372 g/mol. The van der Waals surface area contributed by atoms with Crippen molar-refractivity contribution in [3.8, 4) is 5.75 Å². The maximum Gasteiger partial charge on any atom is 0.260 e. The van der Waals surface area contributed by atoms with Gasteiger partial charge in [-0.15, -0.1) is 11.3 Å². The van der Waals surface area contributed by atoms with E-state index < -0.39 is 0 Å². The maximum atomic E-state index is 12.6. The van der Waals surface area contributed by atoms with Crippen molar-refractivity contribution in [3.63, 3.8) is 0 Å². The Morgan fingerprint density at radius 1 is 1.48 bits per heavy atom. The highest BCUT2D eigenvalue weighted by molar-refractivity contribution is 7.18. The van der Waals surface area contributed by atoms with Gasteiger partial charge in [0, 0.05) is 4.88 Å². The quantitative estimate of drug-likeness (QED) is 0.693. The van der Waals surface area contributed by atoms with Crippen molar-refractivity contribution in [1.82, 2.24) is 9.97 Å². The summed E-state index contributed by atoms with van der Waals surface area (Å²) >= 11 is 7.97. The number of hydrogen-bond donors (Lipinski definition) is 2. The first kappa shape index (κ1) is 16.4. The first-order valence-electron chi connectivity index (χ1n) is 8.22. The van der Waals surface area contributed by atoms with Gasteiger partial charge in [0.15, 0.2) is 5.82 Å². The number of aryl methyl sites for hydroxylation is 1. The molecule has 4 rings (SSSR count). The van der Waals surface area contributed by atoms with Crippen LogP contribution in [0.15, 0.2) is 29.1 Å². The van der Waals surface area contributed by atoms with Gasteiger partial charge in [-0.2, -0.15) is 0 Å². The molecule has 0 unspecified atom stereocenters. The summed E-state index contributed by atoms with van der Waals surface area (Å²) in [6.07, 6.45) is 4.74. The molecule has 128 valence electrons. The summed E-state index contributed by atoms with van der Waals surface area (Å²) in [7, 11) is 0. The molecule has 1 aliphatic rings. The van der Waals surface area contributed by atoms with E-state index >= 15 is 0 Å². The molecule has 1 aliphatic carbocycles. The van der Waals surface area contributed by atoms with E-state index in [-0.39, 0.29) is 11.3 Å². The molecule has 25 heavy (non-hydrogen) atoms. The van der Waals surface area contributed by atoms with Gasteiger partial charge in [0.1, 0.15) is 10.6 Å². The first-order valence-corrected chi connectivity index (χ1v) is 9.42. The molecule has 0 saturated heterocycles. The molecule has 2 aromatic heterocycles. The van der Waals surface area contributed by atoms with Gasteiger partial charge >= 0.3 is 0 Å². The Morgan fingerprint density at radius 3 is 3.12 bits per heavy atom. The Hall–Kier alpha value is -2.11. The molecule has 0 aliphatic heterocycles. The fourth-order valence-corrected chi connectivity index (χ4v) is 4.89. The lowest BCUT2D eigenvalue weighted by Gasteiger charge is -2.17. The molecule has 0 saturated carbocycles. The summed E-state index contributed by atoms with van der Waals surface area (Å²) in [5.74, 6) is 1.16. The van der Waals surface area contributed by atoms with Gasteiger partial charge in [-0.25, -0.2) is 4.98 Å². The van der Waals surface area contributed by atoms with Gasteiger partial charge in [-0.3, -0.25) is 4.79 Å². The average Bonchev–Trinajstić information content (AvgIpc) is 2.92. The van der Waals surface area contributed by atoms with Gasteiger partial charge in [-0.05, 0) is 54.5 Å². The first-order chi connectivity index (χ1) is 12.0. The van der Waals surface area contributed by atoms with E-state index in [1.54, 1.807) is 35.6 Å². The van der Waals surface area contributed by atoms with Crippen molar-refractivity contribution in [2.24, 2.45) is 5.92 Å². The Labute approximate surface area is 153 Å². The second-order valence-corrected chi connectivity index (χ2v) is 8.02. The number of rotatable bonds is 2. The van der Waals surface area contributed by atoms with Crippen LogP contribution in [0.25, 0.3) is 21.3 Å². The van der Waals surface area contributed by atoms with Crippen LogP contribution in [0.3, 0.4) is 0 Å². The second kappa shape index (κ2) is 6.32. The lowest BCUT2D eigenvalue weighted by atomic mass is 9.89. The number of halogens is 1. The SMILES string of the molecule is C[C@H]1CCc2c(sc3nc(/C(Cl)=C/c4cccc(O)c4)[nH]c(=O)c23)C1. The third kappa shape index (κ3) is 3.10. The van der Waals surface area contributed by atoms with E-state index in [1.165, 1.54) is 4.88 Å². The molecule has 1 aromatic carbocycles. The van der Waals surface area contributed by atoms with E-state index in [0.29, 0.717) is 16.8 Å². The van der Waals surface area contributed by atoms with Crippen LogP contribution in [0.4, 0.5) is 0 Å². The summed E-state index contributed by atoms with van der Waals surface area (Å²) in [4.78, 5) is 22.0. The van der Waals surface area contributed by atoms with Crippen LogP contribution in [0.2, 0.25) is 0 Å². The van der Waals surface area contributed by atoms with Crippen LogP contribution in [0, 0.1) is 5.92 Å². The van der Waals surface area contributed by atoms with Gasteiger partial charge in [0.2, 0.25) is 0 Å². The van der Waals surface area contributed by atoms with E-state index in [4.69, 9.17) is 11.6 Å². The number of fused-ring (bicyclic) bond motifs is 3. The molecule has 0 fully saturated rings. The molecular formula is C19H17ClN2O2S. The third-order valence-electron chi connectivity index (χ3n) is 4.56. The molecule has 1 atom stereocenters. The van der Waals surface area contributed by atoms with Gasteiger partial charge < -0.3 is 10.1 Å². The number of nitrogens with one attached hydrogen (secondary N) is 1. The minimum atomic E-state index is -0.130. The van der Waals surface area contributed by atoms with Crippen molar-refractivity contribution >= 4 is 44.3 Å². The Balaban J connectivity index is 1.80. The number of H-pyrrole nitrogens is 1. The summed E-state index contributed by atoms with van der Waals surface area (Å²) in [5, 5.41) is 10.6. The fraction of sp³-hybridized carbons (Fsp3) is 0.263. The predicted molar refractivity (Wildman–Crippen MR) is 103 cm³/mol. The highest BCUT2D eigenvalue weighted by Crippen LogP contribution is 2.36. The molecule has 4 nitrogen and oxygen atoms in total. The largest absolute Gasteiger partial charge is 0.508 e. The summed E-state index contributed by atoms with van der Waals surface area (Å²) in [6.45, 7) is 2.24. The second-order valence-electron chi connectivity index (χ2n) is 6.53. The van der Waals surface area contributed by atoms with E-state index in [1.807, 2.05) is 6.07 Å². The predicted octanol–water partition coefficient (Wildman–Crippen LogP) is 4.55. The van der Waals surface area contributed by atoms with Gasteiger partial charge in [0.05, 0.1) is 10.4 Å². The minimum absolute atomic E-state index is 0.130. The molecular weight excluding hydrogens is 356 g/mol. The molecule has 3 aromatic rings. The van der Waals surface area contributed by atoms with Gasteiger partial charge in [0.25, 0.3) is 5.56 Å². The molecule has 0 spiro atoms. The summed E-state index contributed by atoms with van der Waals surface area (Å²) in [6, 6.07) is 6.75. The van der Waals surface area contributed by atoms with Crippen LogP contribution in [-0.4, -0.2) is 15.1 Å². The van der Waals surface area contributed by atoms with Crippen LogP contribution >= 0.6 is 22.9 Å². The Kier molecular flexibility index (Phi) is 4.13. The number of benzene rings is 1. The smallest absolute Gasteiger partial charge is 0.260 e. The van der Waals surface area contributed by atoms with Crippen molar-refractivity contribution in [2.45, 2.75) is 26.2 Å². The highest BCUT2D eigenvalue weighted by atomic mass is 35.5. The van der Waals surface area contributed by atoms with Crippen molar-refractivity contribution < 1.29 is 5.11 Å². The Morgan fingerprint density at radius 2 is 2.32 bits per heavy atom. The fourth-order valence-electron chi connectivity index (χ4n) is 3.29. The number of phenols is 1.